The highest BCUT2D eigenvalue weighted by Crippen LogP contribution is 2.25. The molecule has 4 nitrogen and oxygen atoms in total. The standard InChI is InChI=1S/C10H15N3O/c1-7-10(11)12-6-9(13-7)8-2-4-14-5-3-8/h6,8H,2-5H2,1H3,(H2,11,12). The van der Waals surface area contributed by atoms with Crippen molar-refractivity contribution in [2.24, 2.45) is 0 Å². The third-order valence-corrected chi connectivity index (χ3v) is 2.64. The first-order valence-electron chi connectivity index (χ1n) is 4.94. The van der Waals surface area contributed by atoms with Crippen molar-refractivity contribution in [1.29, 1.82) is 0 Å². The van der Waals surface area contributed by atoms with Crippen molar-refractivity contribution in [2.75, 3.05) is 18.9 Å². The van der Waals surface area contributed by atoms with Gasteiger partial charge < -0.3 is 10.5 Å². The Balaban J connectivity index is 2.18. The molecule has 0 aliphatic carbocycles. The number of nitrogens with two attached hydrogens (primary N) is 1. The molecule has 0 radical (unpaired) electrons. The Morgan fingerprint density at radius 1 is 1.43 bits per heavy atom. The van der Waals surface area contributed by atoms with Crippen LogP contribution < -0.4 is 5.73 Å². The van der Waals surface area contributed by atoms with E-state index in [1.807, 2.05) is 6.92 Å². The Hall–Kier alpha value is -1.16. The van der Waals surface area contributed by atoms with Crippen LogP contribution in [-0.2, 0) is 4.74 Å². The Bertz CT molecular complexity index is 321. The minimum atomic E-state index is 0.496. The van der Waals surface area contributed by atoms with E-state index in [0.29, 0.717) is 11.7 Å². The van der Waals surface area contributed by atoms with Crippen LogP contribution in [0.1, 0.15) is 30.1 Å². The van der Waals surface area contributed by atoms with Crippen LogP contribution in [0.25, 0.3) is 0 Å². The molecule has 0 atom stereocenters. The predicted molar refractivity (Wildman–Crippen MR) is 54.0 cm³/mol. The van der Waals surface area contributed by atoms with Gasteiger partial charge in [-0.25, -0.2) is 4.98 Å². The molecular formula is C10H15N3O. The first kappa shape index (κ1) is 9.40. The molecule has 2 heterocycles. The van der Waals surface area contributed by atoms with Crippen LogP contribution in [0.4, 0.5) is 5.82 Å². The lowest BCUT2D eigenvalue weighted by atomic mass is 9.97. The highest BCUT2D eigenvalue weighted by Gasteiger charge is 2.17. The lowest BCUT2D eigenvalue weighted by Crippen LogP contribution is -2.16. The molecule has 1 aromatic rings. The van der Waals surface area contributed by atoms with Gasteiger partial charge >= 0.3 is 0 Å². The van der Waals surface area contributed by atoms with Gasteiger partial charge in [0.1, 0.15) is 5.82 Å². The average Bonchev–Trinajstić information content (AvgIpc) is 2.23. The zero-order valence-corrected chi connectivity index (χ0v) is 8.36. The average molecular weight is 193 g/mol. The number of hydrogen-bond donors (Lipinski definition) is 1. The van der Waals surface area contributed by atoms with E-state index < -0.39 is 0 Å². The zero-order chi connectivity index (χ0) is 9.97. The predicted octanol–water partition coefficient (Wildman–Crippen LogP) is 1.26. The van der Waals surface area contributed by atoms with E-state index >= 15 is 0 Å². The summed E-state index contributed by atoms with van der Waals surface area (Å²) in [6.07, 6.45) is 3.87. The molecule has 0 amide bonds. The summed E-state index contributed by atoms with van der Waals surface area (Å²) < 4.78 is 5.30. The van der Waals surface area contributed by atoms with Gasteiger partial charge in [0, 0.05) is 19.1 Å². The second kappa shape index (κ2) is 3.92. The Kier molecular flexibility index (Phi) is 2.63. The van der Waals surface area contributed by atoms with E-state index in [0.717, 1.165) is 37.4 Å². The van der Waals surface area contributed by atoms with E-state index in [2.05, 4.69) is 9.97 Å². The monoisotopic (exact) mass is 193 g/mol. The van der Waals surface area contributed by atoms with Gasteiger partial charge in [-0.1, -0.05) is 0 Å². The highest BCUT2D eigenvalue weighted by atomic mass is 16.5. The summed E-state index contributed by atoms with van der Waals surface area (Å²) >= 11 is 0. The van der Waals surface area contributed by atoms with Crippen molar-refractivity contribution in [3.63, 3.8) is 0 Å². The van der Waals surface area contributed by atoms with Gasteiger partial charge in [-0.15, -0.1) is 0 Å². The summed E-state index contributed by atoms with van der Waals surface area (Å²) in [5.74, 6) is 1.02. The molecule has 0 unspecified atom stereocenters. The Labute approximate surface area is 83.5 Å². The van der Waals surface area contributed by atoms with Gasteiger partial charge in [0.15, 0.2) is 0 Å². The second-order valence-corrected chi connectivity index (χ2v) is 3.65. The van der Waals surface area contributed by atoms with E-state index in [1.54, 1.807) is 6.20 Å². The summed E-state index contributed by atoms with van der Waals surface area (Å²) in [5, 5.41) is 0. The molecule has 1 aliphatic rings. The summed E-state index contributed by atoms with van der Waals surface area (Å²) in [6, 6.07) is 0. The molecule has 76 valence electrons. The molecule has 2 N–H and O–H groups in total. The van der Waals surface area contributed by atoms with Gasteiger partial charge in [0.25, 0.3) is 0 Å². The third kappa shape index (κ3) is 1.85. The first-order chi connectivity index (χ1) is 6.77. The molecule has 0 saturated carbocycles. The van der Waals surface area contributed by atoms with Crippen LogP contribution in [0, 0.1) is 6.92 Å². The molecular weight excluding hydrogens is 178 g/mol. The topological polar surface area (TPSA) is 61.0 Å². The lowest BCUT2D eigenvalue weighted by molar-refractivity contribution is 0.0844. The van der Waals surface area contributed by atoms with E-state index in [-0.39, 0.29) is 0 Å². The maximum Gasteiger partial charge on any atom is 0.144 e. The molecule has 1 aliphatic heterocycles. The molecule has 0 bridgehead atoms. The van der Waals surface area contributed by atoms with Gasteiger partial charge in [0.05, 0.1) is 17.6 Å². The lowest BCUT2D eigenvalue weighted by Gasteiger charge is -2.21. The number of hydrogen-bond acceptors (Lipinski definition) is 4. The highest BCUT2D eigenvalue weighted by molar-refractivity contribution is 5.33. The quantitative estimate of drug-likeness (QED) is 0.729. The fraction of sp³-hybridized carbons (Fsp3) is 0.600. The van der Waals surface area contributed by atoms with Crippen molar-refractivity contribution in [1.82, 2.24) is 9.97 Å². The minimum absolute atomic E-state index is 0.496. The fourth-order valence-corrected chi connectivity index (χ4v) is 1.70. The van der Waals surface area contributed by atoms with E-state index in [9.17, 15) is 0 Å². The first-order valence-corrected chi connectivity index (χ1v) is 4.94. The summed E-state index contributed by atoms with van der Waals surface area (Å²) in [7, 11) is 0. The summed E-state index contributed by atoms with van der Waals surface area (Å²) in [6.45, 7) is 3.55. The van der Waals surface area contributed by atoms with Crippen LogP contribution in [0.3, 0.4) is 0 Å². The number of rotatable bonds is 1. The largest absolute Gasteiger partial charge is 0.382 e. The number of aromatic nitrogens is 2. The van der Waals surface area contributed by atoms with Crippen molar-refractivity contribution >= 4 is 5.82 Å². The maximum absolute atomic E-state index is 5.62. The van der Waals surface area contributed by atoms with Crippen molar-refractivity contribution in [3.05, 3.63) is 17.6 Å². The molecule has 14 heavy (non-hydrogen) atoms. The Morgan fingerprint density at radius 2 is 2.14 bits per heavy atom. The number of nitrogen functional groups attached to an aromatic ring is 1. The van der Waals surface area contributed by atoms with Crippen LogP contribution in [0.15, 0.2) is 6.20 Å². The van der Waals surface area contributed by atoms with Gasteiger partial charge in [-0.05, 0) is 19.8 Å². The smallest absolute Gasteiger partial charge is 0.144 e. The summed E-state index contributed by atoms with van der Waals surface area (Å²) in [5.41, 5.74) is 7.50. The molecule has 1 saturated heterocycles. The van der Waals surface area contributed by atoms with Crippen molar-refractivity contribution in [3.8, 4) is 0 Å². The number of ether oxygens (including phenoxy) is 1. The van der Waals surface area contributed by atoms with Crippen LogP contribution in [0.5, 0.6) is 0 Å². The zero-order valence-electron chi connectivity index (χ0n) is 8.36. The number of aryl methyl sites for hydroxylation is 1. The maximum atomic E-state index is 5.62. The summed E-state index contributed by atoms with van der Waals surface area (Å²) in [4.78, 5) is 8.58. The molecule has 1 aromatic heterocycles. The van der Waals surface area contributed by atoms with E-state index in [1.165, 1.54) is 0 Å². The molecule has 0 aromatic carbocycles. The third-order valence-electron chi connectivity index (χ3n) is 2.64. The molecule has 1 fully saturated rings. The van der Waals surface area contributed by atoms with Gasteiger partial charge in [-0.3, -0.25) is 4.98 Å². The molecule has 0 spiro atoms. The molecule has 2 rings (SSSR count). The molecule has 4 heteroatoms. The minimum Gasteiger partial charge on any atom is -0.382 e. The van der Waals surface area contributed by atoms with E-state index in [4.69, 9.17) is 10.5 Å². The van der Waals surface area contributed by atoms with Crippen molar-refractivity contribution in [2.45, 2.75) is 25.7 Å². The number of anilines is 1. The van der Waals surface area contributed by atoms with Gasteiger partial charge in [-0.2, -0.15) is 0 Å². The fourth-order valence-electron chi connectivity index (χ4n) is 1.70. The van der Waals surface area contributed by atoms with Crippen LogP contribution in [-0.4, -0.2) is 23.2 Å². The second-order valence-electron chi connectivity index (χ2n) is 3.65. The van der Waals surface area contributed by atoms with Crippen molar-refractivity contribution < 1.29 is 4.74 Å². The van der Waals surface area contributed by atoms with Crippen LogP contribution in [0.2, 0.25) is 0 Å². The number of nitrogens with zero attached hydrogens (tertiary/aromatic N) is 2. The normalized spacial score (nSPS) is 18.4. The SMILES string of the molecule is Cc1nc(C2CCOCC2)cnc1N. The van der Waals surface area contributed by atoms with Gasteiger partial charge in [0.2, 0.25) is 0 Å². The Morgan fingerprint density at radius 3 is 2.79 bits per heavy atom. The van der Waals surface area contributed by atoms with Crippen LogP contribution >= 0.6 is 0 Å².